The summed E-state index contributed by atoms with van der Waals surface area (Å²) in [6.45, 7) is 12.1. The summed E-state index contributed by atoms with van der Waals surface area (Å²) in [5.41, 5.74) is 0. The number of carbonyl (C=O) groups excluding carboxylic acids is 4. The molecule has 19 heteroatoms. The summed E-state index contributed by atoms with van der Waals surface area (Å²) in [6.07, 6.45) is -0.319. The van der Waals surface area contributed by atoms with Crippen LogP contribution in [-0.2, 0) is 23.4 Å². The molecule has 0 aromatic carbocycles. The quantitative estimate of drug-likeness (QED) is 0.217. The van der Waals surface area contributed by atoms with Crippen LogP contribution in [0.1, 0.15) is 34.6 Å². The van der Waals surface area contributed by atoms with Gasteiger partial charge < -0.3 is 48.5 Å². The molecule has 0 saturated heterocycles. The van der Waals surface area contributed by atoms with Gasteiger partial charge in [-0.1, -0.05) is 0 Å². The van der Waals surface area contributed by atoms with Crippen molar-refractivity contribution < 1.29 is 33.0 Å². The van der Waals surface area contributed by atoms with Crippen LogP contribution in [0.2, 0.25) is 0 Å². The molecular formula is C35H84N11O7P. The molecule has 0 N–H and O–H groups in total. The second kappa shape index (κ2) is 41.8. The van der Waals surface area contributed by atoms with E-state index in [-0.39, 0.29) is 23.9 Å². The Morgan fingerprint density at radius 2 is 0.611 bits per heavy atom. The van der Waals surface area contributed by atoms with Gasteiger partial charge in [0.2, 0.25) is 11.8 Å². The molecule has 0 heterocycles. The minimum Gasteiger partial charge on any atom is -0.453 e. The number of urea groups is 1. The van der Waals surface area contributed by atoms with Crippen molar-refractivity contribution in [2.75, 3.05) is 161 Å². The zero-order chi connectivity index (χ0) is 45.7. The molecule has 0 aliphatic heterocycles. The highest BCUT2D eigenvalue weighted by Gasteiger charge is 2.03. The lowest BCUT2D eigenvalue weighted by molar-refractivity contribution is -0.127. The molecule has 0 saturated carbocycles. The van der Waals surface area contributed by atoms with Gasteiger partial charge in [0, 0.05) is 168 Å². The lowest BCUT2D eigenvalue weighted by atomic mass is 10.6. The van der Waals surface area contributed by atoms with E-state index in [1.807, 2.05) is 77.8 Å². The molecule has 0 unspecified atom stereocenters. The molecule has 326 valence electrons. The smallest absolute Gasteiger partial charge is 0.408 e. The number of aliphatic imine (C=N–C) groups is 3. The average molecular weight is 802 g/mol. The largest absolute Gasteiger partial charge is 0.453 e. The highest BCUT2D eigenvalue weighted by atomic mass is 31.2. The van der Waals surface area contributed by atoms with E-state index in [2.05, 4.69) is 24.2 Å². The Balaban J connectivity index is -0.0000000748. The monoisotopic (exact) mass is 802 g/mol. The van der Waals surface area contributed by atoms with Crippen molar-refractivity contribution in [1.29, 1.82) is 0 Å². The predicted molar refractivity (Wildman–Crippen MR) is 232 cm³/mol. The molecule has 0 aromatic rings. The van der Waals surface area contributed by atoms with E-state index in [9.17, 15) is 23.7 Å². The average Bonchev–Trinajstić information content (AvgIpc) is 3.07. The van der Waals surface area contributed by atoms with Crippen LogP contribution in [0, 0.1) is 0 Å². The van der Waals surface area contributed by atoms with Crippen molar-refractivity contribution in [3.05, 3.63) is 0 Å². The molecule has 0 aromatic heterocycles. The number of amides is 5. The van der Waals surface area contributed by atoms with Crippen LogP contribution in [-0.4, -0.2) is 242 Å². The first-order valence-corrected chi connectivity index (χ1v) is 19.1. The van der Waals surface area contributed by atoms with Gasteiger partial charge in [-0.2, -0.15) is 0 Å². The number of carbonyl (C=O) groups is 4. The van der Waals surface area contributed by atoms with E-state index in [4.69, 9.17) is 0 Å². The number of hydrogen-bond donors (Lipinski definition) is 0. The van der Waals surface area contributed by atoms with Gasteiger partial charge in [0.1, 0.15) is 0 Å². The van der Waals surface area contributed by atoms with Gasteiger partial charge in [0.15, 0.2) is 7.37 Å². The normalized spacial score (nSPS) is 9.89. The third kappa shape index (κ3) is 69.8. The molecule has 18 nitrogen and oxygen atoms in total. The molecule has 5 amide bonds. The highest BCUT2D eigenvalue weighted by molar-refractivity contribution is 7.57. The second-order valence-corrected chi connectivity index (χ2v) is 15.6. The fourth-order valence-corrected chi connectivity index (χ4v) is 1.18. The van der Waals surface area contributed by atoms with E-state index in [0.29, 0.717) is 0 Å². The number of rotatable bonds is 1. The van der Waals surface area contributed by atoms with Gasteiger partial charge in [0.05, 0.1) is 24.6 Å². The summed E-state index contributed by atoms with van der Waals surface area (Å²) in [6, 6.07) is 0.0185. The molecule has 54 heavy (non-hydrogen) atoms. The van der Waals surface area contributed by atoms with Crippen LogP contribution in [0.15, 0.2) is 15.0 Å². The van der Waals surface area contributed by atoms with E-state index < -0.39 is 7.37 Å². The molecule has 0 aliphatic rings. The maximum Gasteiger partial charge on any atom is 0.408 e. The summed E-state index contributed by atoms with van der Waals surface area (Å²) in [4.78, 5) is 66.2. The molecule has 0 bridgehead atoms. The number of amidine groups is 3. The lowest BCUT2D eigenvalue weighted by Gasteiger charge is -2.16. The van der Waals surface area contributed by atoms with Crippen molar-refractivity contribution in [3.8, 4) is 0 Å². The van der Waals surface area contributed by atoms with Gasteiger partial charge in [-0.05, 0) is 20.8 Å². The Hall–Kier alpha value is -3.92. The van der Waals surface area contributed by atoms with Gasteiger partial charge in [-0.15, -0.1) is 0 Å². The highest BCUT2D eigenvalue weighted by Crippen LogP contribution is 2.35. The van der Waals surface area contributed by atoms with Crippen LogP contribution in [0.5, 0.6) is 0 Å². The fraction of sp³-hybridized carbons (Fsp3) is 0.800. The molecule has 0 fully saturated rings. The van der Waals surface area contributed by atoms with Crippen LogP contribution in [0.4, 0.5) is 9.59 Å². The first-order chi connectivity index (χ1) is 24.1. The number of nitrogens with zero attached hydrogens (tertiary/aromatic N) is 11. The summed E-state index contributed by atoms with van der Waals surface area (Å²) in [5.74, 6) is 3.35. The minimum absolute atomic E-state index is 0.0185. The number of methoxy groups -OCH3 is 1. The van der Waals surface area contributed by atoms with Gasteiger partial charge in [-0.3, -0.25) is 29.1 Å². The topological polar surface area (TPSA) is 167 Å². The lowest BCUT2D eigenvalue weighted by Crippen LogP contribution is -2.33. The molecule has 0 aliphatic carbocycles. The van der Waals surface area contributed by atoms with Crippen LogP contribution >= 0.6 is 7.37 Å². The Morgan fingerprint density at radius 3 is 0.611 bits per heavy atom. The van der Waals surface area contributed by atoms with Crippen molar-refractivity contribution in [3.63, 3.8) is 0 Å². The van der Waals surface area contributed by atoms with Gasteiger partial charge >= 0.3 is 12.1 Å². The fourth-order valence-electron chi connectivity index (χ4n) is 1.18. The van der Waals surface area contributed by atoms with E-state index in [1.165, 1.54) is 52.6 Å². The maximum atomic E-state index is 10.7. The summed E-state index contributed by atoms with van der Waals surface area (Å²) >= 11 is 0. The Bertz CT molecular complexity index is 1010. The number of ether oxygens (including phenoxy) is 1. The molecule has 0 spiro atoms. The van der Waals surface area contributed by atoms with Crippen LogP contribution in [0.25, 0.3) is 0 Å². The first-order valence-electron chi connectivity index (χ1n) is 16.6. The second-order valence-electron chi connectivity index (χ2n) is 12.7. The van der Waals surface area contributed by atoms with Crippen molar-refractivity contribution in [2.45, 2.75) is 34.6 Å². The Labute approximate surface area is 331 Å². The number of hydrogen-bond acceptors (Lipinski definition) is 10. The molecule has 0 atom stereocenters. The zero-order valence-corrected chi connectivity index (χ0v) is 40.6. The SMILES string of the molecule is CC(=O)N(C)C.CC(=O)N(C)C.CN(C)C(=O)N(C)C.CN=C(C)N(C)C.CN=C(C)N(C)C.CN=C(C)N(C)C.COC(=O)N(C)C.COP(C)(C)=O. The third-order valence-electron chi connectivity index (χ3n) is 5.92. The van der Waals surface area contributed by atoms with E-state index >= 15 is 0 Å². The summed E-state index contributed by atoms with van der Waals surface area (Å²) < 4.78 is 19.2. The minimum atomic E-state index is -2.15. The summed E-state index contributed by atoms with van der Waals surface area (Å²) in [7, 11) is 34.9. The van der Waals surface area contributed by atoms with Crippen LogP contribution in [0.3, 0.4) is 0 Å². The van der Waals surface area contributed by atoms with E-state index in [0.717, 1.165) is 17.5 Å². The molecule has 0 rings (SSSR count). The first kappa shape index (κ1) is 68.1. The Kier molecular flexibility index (Phi) is 52.8. The summed E-state index contributed by atoms with van der Waals surface area (Å²) in [5, 5.41) is 0. The Morgan fingerprint density at radius 1 is 0.426 bits per heavy atom. The van der Waals surface area contributed by atoms with Crippen molar-refractivity contribution in [2.24, 2.45) is 15.0 Å². The zero-order valence-electron chi connectivity index (χ0n) is 39.7. The van der Waals surface area contributed by atoms with Crippen LogP contribution < -0.4 is 0 Å². The molecular weight excluding hydrogens is 717 g/mol. The van der Waals surface area contributed by atoms with Crippen molar-refractivity contribution >= 4 is 48.8 Å². The molecule has 0 radical (unpaired) electrons. The van der Waals surface area contributed by atoms with E-state index in [1.54, 1.807) is 105 Å². The maximum absolute atomic E-state index is 10.7. The van der Waals surface area contributed by atoms with Gasteiger partial charge in [-0.25, -0.2) is 9.59 Å². The predicted octanol–water partition coefficient (Wildman–Crippen LogP) is 3.69. The van der Waals surface area contributed by atoms with Gasteiger partial charge in [0.25, 0.3) is 0 Å². The standard InChI is InChI=1S/C5H12N2O.3C5H12N2.C4H9NO2.2C4H9NO.C3H9O2P/c1-6(2)5(8)7(3)4;3*1-5(6-2)7(3)4;1-5(2)4(6)7-3;2*1-4(6)5(2)3;1-5-6(2,3)4/h1-4H3;3*1-4H3;1-3H3;3*1-3H3. The van der Waals surface area contributed by atoms with Crippen molar-refractivity contribution in [1.82, 2.24) is 39.2 Å². The third-order valence-corrected chi connectivity index (χ3v) is 6.80.